The maximum atomic E-state index is 11.9. The van der Waals surface area contributed by atoms with Gasteiger partial charge in [-0.25, -0.2) is 9.78 Å². The molecule has 0 spiro atoms. The highest BCUT2D eigenvalue weighted by Gasteiger charge is 2.24. The second-order valence-electron chi connectivity index (χ2n) is 4.33. The van der Waals surface area contributed by atoms with Crippen LogP contribution in [0.3, 0.4) is 0 Å². The predicted octanol–water partition coefficient (Wildman–Crippen LogP) is 1.71. The molecule has 2 rings (SSSR count). The van der Waals surface area contributed by atoms with Crippen molar-refractivity contribution in [2.24, 2.45) is 5.92 Å². The van der Waals surface area contributed by atoms with Crippen molar-refractivity contribution in [2.45, 2.75) is 19.3 Å². The minimum Gasteiger partial charge on any atom is -0.476 e. The zero-order chi connectivity index (χ0) is 12.4. The average Bonchev–Trinajstić information content (AvgIpc) is 2.71. The molecule has 17 heavy (non-hydrogen) atoms. The molecule has 1 amide bonds. The van der Waals surface area contributed by atoms with Gasteiger partial charge in [0.25, 0.3) is 5.91 Å². The first-order valence-corrected chi connectivity index (χ1v) is 6.40. The summed E-state index contributed by atoms with van der Waals surface area (Å²) >= 11 is 1.08. The van der Waals surface area contributed by atoms with Crippen molar-refractivity contribution >= 4 is 23.2 Å². The van der Waals surface area contributed by atoms with Gasteiger partial charge >= 0.3 is 5.97 Å². The number of thiazole rings is 1. The van der Waals surface area contributed by atoms with Crippen LogP contribution in [0.1, 0.15) is 39.6 Å². The molecule has 0 bridgehead atoms. The van der Waals surface area contributed by atoms with Crippen molar-refractivity contribution in [1.29, 1.82) is 0 Å². The fourth-order valence-corrected chi connectivity index (χ4v) is 2.56. The van der Waals surface area contributed by atoms with Gasteiger partial charge in [-0.3, -0.25) is 4.79 Å². The Morgan fingerprint density at radius 1 is 1.59 bits per heavy atom. The third-order valence-electron chi connectivity index (χ3n) is 3.01. The lowest BCUT2D eigenvalue weighted by Crippen LogP contribution is -2.34. The zero-order valence-corrected chi connectivity index (χ0v) is 10.4. The van der Waals surface area contributed by atoms with Gasteiger partial charge in [0.1, 0.15) is 0 Å². The molecule has 6 heteroatoms. The maximum Gasteiger partial charge on any atom is 0.355 e. The molecule has 0 aromatic carbocycles. The van der Waals surface area contributed by atoms with Crippen molar-refractivity contribution in [3.63, 3.8) is 0 Å². The van der Waals surface area contributed by atoms with Crippen molar-refractivity contribution in [3.8, 4) is 0 Å². The van der Waals surface area contributed by atoms with E-state index in [2.05, 4.69) is 4.98 Å². The molecule has 0 atom stereocenters. The lowest BCUT2D eigenvalue weighted by molar-refractivity contribution is 0.0691. The molecule has 1 saturated carbocycles. The molecular formula is C11H14N2O3S. The van der Waals surface area contributed by atoms with Crippen LogP contribution in [0.4, 0.5) is 0 Å². The van der Waals surface area contributed by atoms with Gasteiger partial charge in [-0.1, -0.05) is 6.42 Å². The Hall–Kier alpha value is -1.43. The topological polar surface area (TPSA) is 70.5 Å². The van der Waals surface area contributed by atoms with Crippen molar-refractivity contribution in [1.82, 2.24) is 9.88 Å². The van der Waals surface area contributed by atoms with E-state index in [1.807, 2.05) is 0 Å². The number of amides is 1. The van der Waals surface area contributed by atoms with Gasteiger partial charge < -0.3 is 10.0 Å². The van der Waals surface area contributed by atoms with E-state index in [9.17, 15) is 9.59 Å². The Bertz CT molecular complexity index is 440. The summed E-state index contributed by atoms with van der Waals surface area (Å²) in [6.07, 6.45) is 3.60. The summed E-state index contributed by atoms with van der Waals surface area (Å²) in [4.78, 5) is 28.0. The number of carboxylic acid groups (broad SMARTS) is 1. The lowest BCUT2D eigenvalue weighted by atomic mass is 9.85. The minimum atomic E-state index is -1.10. The Labute approximate surface area is 103 Å². The van der Waals surface area contributed by atoms with Crippen molar-refractivity contribution < 1.29 is 14.7 Å². The van der Waals surface area contributed by atoms with E-state index in [-0.39, 0.29) is 16.6 Å². The summed E-state index contributed by atoms with van der Waals surface area (Å²) in [5.74, 6) is -0.681. The first kappa shape index (κ1) is 12.0. The molecule has 1 aromatic rings. The summed E-state index contributed by atoms with van der Waals surface area (Å²) in [5, 5.41) is 10.4. The Morgan fingerprint density at radius 2 is 2.29 bits per heavy atom. The molecule has 92 valence electrons. The quantitative estimate of drug-likeness (QED) is 0.888. The summed E-state index contributed by atoms with van der Waals surface area (Å²) in [7, 11) is 1.74. The standard InChI is InChI=1S/C11H14N2O3S/c1-13(5-7-3-2-4-7)10(14)9-12-8(6-17-9)11(15)16/h6-7H,2-5H2,1H3,(H,15,16). The number of hydrogen-bond acceptors (Lipinski definition) is 4. The monoisotopic (exact) mass is 254 g/mol. The highest BCUT2D eigenvalue weighted by molar-refractivity contribution is 7.11. The predicted molar refractivity (Wildman–Crippen MR) is 63.4 cm³/mol. The molecule has 1 aliphatic carbocycles. The second-order valence-corrected chi connectivity index (χ2v) is 5.18. The van der Waals surface area contributed by atoms with Crippen LogP contribution < -0.4 is 0 Å². The third kappa shape index (κ3) is 2.63. The number of carboxylic acids is 1. The van der Waals surface area contributed by atoms with Crippen LogP contribution >= 0.6 is 11.3 Å². The number of aromatic nitrogens is 1. The van der Waals surface area contributed by atoms with Crippen LogP contribution in [-0.4, -0.2) is 40.5 Å². The van der Waals surface area contributed by atoms with Crippen LogP contribution in [-0.2, 0) is 0 Å². The van der Waals surface area contributed by atoms with E-state index in [1.54, 1.807) is 11.9 Å². The maximum absolute atomic E-state index is 11.9. The fourth-order valence-electron chi connectivity index (χ4n) is 1.78. The van der Waals surface area contributed by atoms with E-state index in [0.29, 0.717) is 5.92 Å². The van der Waals surface area contributed by atoms with Crippen LogP contribution in [0.15, 0.2) is 5.38 Å². The van der Waals surface area contributed by atoms with Gasteiger partial charge in [-0.2, -0.15) is 0 Å². The van der Waals surface area contributed by atoms with E-state index >= 15 is 0 Å². The number of rotatable bonds is 4. The zero-order valence-electron chi connectivity index (χ0n) is 9.55. The first-order chi connectivity index (χ1) is 8.08. The normalized spacial score (nSPS) is 15.4. The van der Waals surface area contributed by atoms with E-state index < -0.39 is 5.97 Å². The molecular weight excluding hydrogens is 240 g/mol. The number of carbonyl (C=O) groups is 2. The summed E-state index contributed by atoms with van der Waals surface area (Å²) in [6.45, 7) is 0.737. The smallest absolute Gasteiger partial charge is 0.355 e. The molecule has 1 fully saturated rings. The highest BCUT2D eigenvalue weighted by Crippen LogP contribution is 2.27. The number of nitrogens with zero attached hydrogens (tertiary/aromatic N) is 2. The average molecular weight is 254 g/mol. The summed E-state index contributed by atoms with van der Waals surface area (Å²) < 4.78 is 0. The molecule has 1 aliphatic rings. The largest absolute Gasteiger partial charge is 0.476 e. The van der Waals surface area contributed by atoms with Crippen molar-refractivity contribution in [2.75, 3.05) is 13.6 Å². The highest BCUT2D eigenvalue weighted by atomic mass is 32.1. The lowest BCUT2D eigenvalue weighted by Gasteiger charge is -2.29. The molecule has 0 aliphatic heterocycles. The number of hydrogen-bond donors (Lipinski definition) is 1. The van der Waals surface area contributed by atoms with E-state index in [1.165, 1.54) is 24.6 Å². The van der Waals surface area contributed by atoms with Gasteiger partial charge in [-0.05, 0) is 18.8 Å². The molecule has 1 heterocycles. The van der Waals surface area contributed by atoms with E-state index in [4.69, 9.17) is 5.11 Å². The Balaban J connectivity index is 1.99. The second kappa shape index (κ2) is 4.83. The Kier molecular flexibility index (Phi) is 3.42. The molecule has 1 N–H and O–H groups in total. The van der Waals surface area contributed by atoms with Crippen LogP contribution in [0.25, 0.3) is 0 Å². The van der Waals surface area contributed by atoms with Crippen molar-refractivity contribution in [3.05, 3.63) is 16.1 Å². The summed E-state index contributed by atoms with van der Waals surface area (Å²) in [6, 6.07) is 0. The molecule has 1 aromatic heterocycles. The number of carbonyl (C=O) groups excluding carboxylic acids is 1. The van der Waals surface area contributed by atoms with E-state index in [0.717, 1.165) is 17.9 Å². The van der Waals surface area contributed by atoms with Gasteiger partial charge in [0.15, 0.2) is 10.7 Å². The van der Waals surface area contributed by atoms with Gasteiger partial charge in [0, 0.05) is 19.0 Å². The minimum absolute atomic E-state index is 0.0598. The third-order valence-corrected chi connectivity index (χ3v) is 3.84. The summed E-state index contributed by atoms with van der Waals surface area (Å²) in [5.41, 5.74) is -0.0598. The number of aromatic carboxylic acids is 1. The first-order valence-electron chi connectivity index (χ1n) is 5.52. The molecule has 0 unspecified atom stereocenters. The van der Waals surface area contributed by atoms with Crippen LogP contribution in [0.2, 0.25) is 0 Å². The van der Waals surface area contributed by atoms with Crippen LogP contribution in [0.5, 0.6) is 0 Å². The Morgan fingerprint density at radius 3 is 2.76 bits per heavy atom. The van der Waals surface area contributed by atoms with Gasteiger partial charge in [0.2, 0.25) is 0 Å². The van der Waals surface area contributed by atoms with Gasteiger partial charge in [0.05, 0.1) is 0 Å². The van der Waals surface area contributed by atoms with Gasteiger partial charge in [-0.15, -0.1) is 11.3 Å². The molecule has 0 radical (unpaired) electrons. The SMILES string of the molecule is CN(CC1CCC1)C(=O)c1nc(C(=O)O)cs1. The van der Waals surface area contributed by atoms with Crippen LogP contribution in [0, 0.1) is 5.92 Å². The fraction of sp³-hybridized carbons (Fsp3) is 0.545. The molecule has 0 saturated heterocycles. The molecule has 5 nitrogen and oxygen atoms in total.